The number of aromatic nitrogens is 1. The van der Waals surface area contributed by atoms with Crippen molar-refractivity contribution in [3.8, 4) is 0 Å². The van der Waals surface area contributed by atoms with Crippen molar-refractivity contribution in [3.63, 3.8) is 0 Å². The van der Waals surface area contributed by atoms with Crippen LogP contribution in [-0.4, -0.2) is 24.2 Å². The van der Waals surface area contributed by atoms with Gasteiger partial charge in [0.25, 0.3) is 0 Å². The standard InChI is InChI=1S/C10H18N2OS/c1-5-8-6-14-9(11-8)12-10(2,3)7-13-4/h6H,5,7H2,1-4H3,(H,11,12). The van der Waals surface area contributed by atoms with E-state index in [0.29, 0.717) is 6.61 Å². The van der Waals surface area contributed by atoms with E-state index in [1.807, 2.05) is 0 Å². The first-order chi connectivity index (χ1) is 6.57. The molecule has 1 aromatic rings. The van der Waals surface area contributed by atoms with Crippen LogP contribution in [0, 0.1) is 0 Å². The second-order valence-corrected chi connectivity index (χ2v) is 4.80. The Balaban J connectivity index is 2.58. The first-order valence-electron chi connectivity index (χ1n) is 4.79. The summed E-state index contributed by atoms with van der Waals surface area (Å²) in [4.78, 5) is 4.45. The molecule has 1 N–H and O–H groups in total. The monoisotopic (exact) mass is 214 g/mol. The van der Waals surface area contributed by atoms with E-state index in [-0.39, 0.29) is 5.54 Å². The van der Waals surface area contributed by atoms with Crippen LogP contribution in [0.3, 0.4) is 0 Å². The minimum absolute atomic E-state index is 0.0579. The van der Waals surface area contributed by atoms with Gasteiger partial charge in [0.05, 0.1) is 17.8 Å². The largest absolute Gasteiger partial charge is 0.382 e. The molecule has 0 saturated heterocycles. The topological polar surface area (TPSA) is 34.1 Å². The molecule has 80 valence electrons. The summed E-state index contributed by atoms with van der Waals surface area (Å²) >= 11 is 1.65. The van der Waals surface area contributed by atoms with Gasteiger partial charge in [0.1, 0.15) is 0 Å². The van der Waals surface area contributed by atoms with E-state index in [0.717, 1.165) is 17.2 Å². The van der Waals surface area contributed by atoms with E-state index in [1.54, 1.807) is 18.4 Å². The molecular formula is C10H18N2OS. The zero-order valence-corrected chi connectivity index (χ0v) is 10.1. The zero-order chi connectivity index (χ0) is 10.6. The molecule has 0 saturated carbocycles. The van der Waals surface area contributed by atoms with Gasteiger partial charge in [0.15, 0.2) is 5.13 Å². The van der Waals surface area contributed by atoms with Gasteiger partial charge in [-0.25, -0.2) is 4.98 Å². The zero-order valence-electron chi connectivity index (χ0n) is 9.26. The summed E-state index contributed by atoms with van der Waals surface area (Å²) in [5.41, 5.74) is 1.09. The van der Waals surface area contributed by atoms with Crippen LogP contribution in [0.2, 0.25) is 0 Å². The van der Waals surface area contributed by atoms with E-state index in [2.05, 4.69) is 36.5 Å². The second-order valence-electron chi connectivity index (χ2n) is 3.94. The highest BCUT2D eigenvalue weighted by molar-refractivity contribution is 7.13. The van der Waals surface area contributed by atoms with Crippen LogP contribution in [-0.2, 0) is 11.2 Å². The maximum absolute atomic E-state index is 5.13. The van der Waals surface area contributed by atoms with Crippen molar-refractivity contribution in [1.82, 2.24) is 4.98 Å². The number of anilines is 1. The summed E-state index contributed by atoms with van der Waals surface area (Å²) in [6.07, 6.45) is 0.989. The lowest BCUT2D eigenvalue weighted by atomic mass is 10.1. The minimum Gasteiger partial charge on any atom is -0.382 e. The third kappa shape index (κ3) is 3.27. The number of nitrogens with zero attached hydrogens (tertiary/aromatic N) is 1. The average molecular weight is 214 g/mol. The van der Waals surface area contributed by atoms with Gasteiger partial charge in [-0.05, 0) is 20.3 Å². The molecule has 0 amide bonds. The van der Waals surface area contributed by atoms with Crippen molar-refractivity contribution in [1.29, 1.82) is 0 Å². The lowest BCUT2D eigenvalue weighted by Gasteiger charge is -2.24. The SMILES string of the molecule is CCc1csc(NC(C)(C)COC)n1. The van der Waals surface area contributed by atoms with Gasteiger partial charge in [-0.1, -0.05) is 6.92 Å². The third-order valence-electron chi connectivity index (χ3n) is 1.86. The average Bonchev–Trinajstić information content (AvgIpc) is 2.51. The molecular weight excluding hydrogens is 196 g/mol. The molecule has 1 rings (SSSR count). The van der Waals surface area contributed by atoms with Crippen LogP contribution in [0.4, 0.5) is 5.13 Å². The molecule has 0 aliphatic rings. The highest BCUT2D eigenvalue weighted by atomic mass is 32.1. The fourth-order valence-corrected chi connectivity index (χ4v) is 2.19. The molecule has 1 aromatic heterocycles. The lowest BCUT2D eigenvalue weighted by Crippen LogP contribution is -2.35. The highest BCUT2D eigenvalue weighted by Gasteiger charge is 2.18. The van der Waals surface area contributed by atoms with Gasteiger partial charge in [-0.3, -0.25) is 0 Å². The number of rotatable bonds is 5. The maximum Gasteiger partial charge on any atom is 0.183 e. The van der Waals surface area contributed by atoms with Gasteiger partial charge < -0.3 is 10.1 Å². The molecule has 0 fully saturated rings. The predicted molar refractivity (Wildman–Crippen MR) is 61.1 cm³/mol. The first kappa shape index (κ1) is 11.5. The maximum atomic E-state index is 5.13. The van der Waals surface area contributed by atoms with Crippen molar-refractivity contribution in [2.24, 2.45) is 0 Å². The summed E-state index contributed by atoms with van der Waals surface area (Å²) in [5.74, 6) is 0. The second kappa shape index (κ2) is 4.75. The van der Waals surface area contributed by atoms with E-state index >= 15 is 0 Å². The number of nitrogens with one attached hydrogen (secondary N) is 1. The number of thiazole rings is 1. The summed E-state index contributed by atoms with van der Waals surface area (Å²) in [5, 5.41) is 6.42. The molecule has 0 spiro atoms. The van der Waals surface area contributed by atoms with Crippen LogP contribution < -0.4 is 5.32 Å². The number of hydrogen-bond acceptors (Lipinski definition) is 4. The van der Waals surface area contributed by atoms with Gasteiger partial charge in [-0.15, -0.1) is 11.3 Å². The Morgan fingerprint density at radius 3 is 2.79 bits per heavy atom. The fraction of sp³-hybridized carbons (Fsp3) is 0.700. The molecule has 14 heavy (non-hydrogen) atoms. The Bertz CT molecular complexity index is 283. The van der Waals surface area contributed by atoms with Gasteiger partial charge in [0, 0.05) is 12.5 Å². The van der Waals surface area contributed by atoms with Crippen LogP contribution in [0.1, 0.15) is 26.5 Å². The summed E-state index contributed by atoms with van der Waals surface area (Å²) in [6.45, 7) is 6.99. The molecule has 1 heterocycles. The third-order valence-corrected chi connectivity index (χ3v) is 2.67. The van der Waals surface area contributed by atoms with Crippen molar-refractivity contribution in [3.05, 3.63) is 11.1 Å². The van der Waals surface area contributed by atoms with Gasteiger partial charge >= 0.3 is 0 Å². The van der Waals surface area contributed by atoms with Crippen molar-refractivity contribution in [2.75, 3.05) is 19.0 Å². The Morgan fingerprint density at radius 2 is 2.29 bits per heavy atom. The van der Waals surface area contributed by atoms with Gasteiger partial charge in [0.2, 0.25) is 0 Å². The summed E-state index contributed by atoms with van der Waals surface area (Å²) in [6, 6.07) is 0. The summed E-state index contributed by atoms with van der Waals surface area (Å²) < 4.78 is 5.13. The molecule has 0 radical (unpaired) electrons. The van der Waals surface area contributed by atoms with Crippen LogP contribution >= 0.6 is 11.3 Å². The molecule has 0 bridgehead atoms. The lowest BCUT2D eigenvalue weighted by molar-refractivity contribution is 0.158. The molecule has 0 aliphatic carbocycles. The smallest absolute Gasteiger partial charge is 0.183 e. The first-order valence-corrected chi connectivity index (χ1v) is 5.67. The molecule has 0 aromatic carbocycles. The Hall–Kier alpha value is -0.610. The van der Waals surface area contributed by atoms with Crippen LogP contribution in [0.15, 0.2) is 5.38 Å². The van der Waals surface area contributed by atoms with E-state index in [1.165, 1.54) is 0 Å². The van der Waals surface area contributed by atoms with Crippen LogP contribution in [0.5, 0.6) is 0 Å². The van der Waals surface area contributed by atoms with E-state index in [4.69, 9.17) is 4.74 Å². The Kier molecular flexibility index (Phi) is 3.89. The Morgan fingerprint density at radius 1 is 1.57 bits per heavy atom. The fourth-order valence-electron chi connectivity index (χ4n) is 1.21. The molecule has 0 aliphatic heterocycles. The Labute approximate surface area is 89.5 Å². The van der Waals surface area contributed by atoms with Crippen molar-refractivity contribution in [2.45, 2.75) is 32.7 Å². The van der Waals surface area contributed by atoms with Crippen molar-refractivity contribution < 1.29 is 4.74 Å². The molecule has 0 unspecified atom stereocenters. The molecule has 3 nitrogen and oxygen atoms in total. The quantitative estimate of drug-likeness (QED) is 0.818. The normalized spacial score (nSPS) is 11.7. The van der Waals surface area contributed by atoms with Crippen molar-refractivity contribution >= 4 is 16.5 Å². The van der Waals surface area contributed by atoms with Crippen LogP contribution in [0.25, 0.3) is 0 Å². The number of hydrogen-bond donors (Lipinski definition) is 1. The number of methoxy groups -OCH3 is 1. The van der Waals surface area contributed by atoms with E-state index in [9.17, 15) is 0 Å². The predicted octanol–water partition coefficient (Wildman–Crippen LogP) is 2.54. The number of ether oxygens (including phenoxy) is 1. The summed E-state index contributed by atoms with van der Waals surface area (Å²) in [7, 11) is 1.71. The molecule has 4 heteroatoms. The highest BCUT2D eigenvalue weighted by Crippen LogP contribution is 2.20. The van der Waals surface area contributed by atoms with E-state index < -0.39 is 0 Å². The molecule has 0 atom stereocenters. The minimum atomic E-state index is -0.0579. The number of aryl methyl sites for hydroxylation is 1. The van der Waals surface area contributed by atoms with Gasteiger partial charge in [-0.2, -0.15) is 0 Å².